The monoisotopic (exact) mass is 223 g/mol. The summed E-state index contributed by atoms with van der Waals surface area (Å²) in [4.78, 5) is 11.2. The maximum atomic E-state index is 4.16. The molecule has 2 rings (SSSR count). The number of hydrogen-bond acceptors (Lipinski definition) is 2. The Morgan fingerprint density at radius 2 is 2.00 bits per heavy atom. The van der Waals surface area contributed by atoms with Gasteiger partial charge in [0.2, 0.25) is 0 Å². The van der Waals surface area contributed by atoms with Crippen molar-refractivity contribution in [2.24, 2.45) is 0 Å². The number of imidazole rings is 1. The average Bonchev–Trinajstić information content (AvgIpc) is 2.54. The Morgan fingerprint density at radius 3 is 2.58 bits per heavy atom. The summed E-state index contributed by atoms with van der Waals surface area (Å²) in [6, 6.07) is 3.82. The van der Waals surface area contributed by atoms with E-state index in [4.69, 9.17) is 0 Å². The lowest BCUT2D eigenvalue weighted by molar-refractivity contribution is 1.26. The van der Waals surface area contributed by atoms with Gasteiger partial charge in [-0.25, -0.2) is 4.98 Å². The van der Waals surface area contributed by atoms with E-state index in [1.165, 1.54) is 0 Å². The minimum absolute atomic E-state index is 0.851. The molecule has 2 heterocycles. The molecular formula is C8H6BrN3. The highest BCUT2D eigenvalue weighted by Gasteiger charge is 1.99. The van der Waals surface area contributed by atoms with Gasteiger partial charge in [-0.15, -0.1) is 0 Å². The molecule has 0 aliphatic heterocycles. The molecule has 0 aromatic carbocycles. The van der Waals surface area contributed by atoms with Crippen molar-refractivity contribution in [3.05, 3.63) is 35.3 Å². The van der Waals surface area contributed by atoms with Crippen LogP contribution < -0.4 is 0 Å². The van der Waals surface area contributed by atoms with Crippen molar-refractivity contribution in [1.82, 2.24) is 15.0 Å². The third-order valence-corrected chi connectivity index (χ3v) is 1.90. The van der Waals surface area contributed by atoms with Crippen LogP contribution in [-0.2, 0) is 0 Å². The summed E-state index contributed by atoms with van der Waals surface area (Å²) in [5.74, 6) is 0.851. The lowest BCUT2D eigenvalue weighted by Crippen LogP contribution is -1.79. The van der Waals surface area contributed by atoms with Crippen LogP contribution >= 0.6 is 15.9 Å². The Bertz CT molecular complexity index is 369. The second-order valence-corrected chi connectivity index (χ2v) is 3.17. The van der Waals surface area contributed by atoms with Gasteiger partial charge in [-0.2, -0.15) is 0 Å². The molecule has 0 fully saturated rings. The first-order valence-corrected chi connectivity index (χ1v) is 4.26. The van der Waals surface area contributed by atoms with E-state index in [9.17, 15) is 0 Å². The molecule has 0 saturated heterocycles. The zero-order valence-electron chi connectivity index (χ0n) is 6.16. The van der Waals surface area contributed by atoms with Gasteiger partial charge in [0.1, 0.15) is 10.4 Å². The van der Waals surface area contributed by atoms with Crippen LogP contribution in [0.5, 0.6) is 0 Å². The maximum absolute atomic E-state index is 4.16. The van der Waals surface area contributed by atoms with E-state index in [-0.39, 0.29) is 0 Å². The zero-order valence-corrected chi connectivity index (χ0v) is 7.75. The van der Waals surface area contributed by atoms with Crippen molar-refractivity contribution >= 4 is 15.9 Å². The van der Waals surface area contributed by atoms with E-state index in [2.05, 4.69) is 30.9 Å². The first kappa shape index (κ1) is 7.49. The molecule has 12 heavy (non-hydrogen) atoms. The van der Waals surface area contributed by atoms with Crippen molar-refractivity contribution in [3.8, 4) is 11.4 Å². The molecule has 0 aliphatic carbocycles. The summed E-state index contributed by atoms with van der Waals surface area (Å²) in [6.07, 6.45) is 5.22. The van der Waals surface area contributed by atoms with Crippen molar-refractivity contribution in [3.63, 3.8) is 0 Å². The molecule has 4 heteroatoms. The second-order valence-electron chi connectivity index (χ2n) is 2.32. The van der Waals surface area contributed by atoms with Crippen molar-refractivity contribution in [2.75, 3.05) is 0 Å². The number of rotatable bonds is 1. The van der Waals surface area contributed by atoms with E-state index in [0.29, 0.717) is 0 Å². The Kier molecular flexibility index (Phi) is 1.91. The van der Waals surface area contributed by atoms with Crippen molar-refractivity contribution in [1.29, 1.82) is 0 Å². The molecule has 0 saturated carbocycles. The summed E-state index contributed by atoms with van der Waals surface area (Å²) < 4.78 is 0.884. The smallest absolute Gasteiger partial charge is 0.138 e. The minimum Gasteiger partial charge on any atom is -0.333 e. The number of H-pyrrole nitrogens is 1. The Balaban J connectivity index is 2.45. The standard InChI is InChI=1S/C8H6BrN3/c9-7-5-11-8(12-7)6-1-3-10-4-2-6/h1-5H,(H,11,12). The maximum Gasteiger partial charge on any atom is 0.138 e. The number of nitrogens with one attached hydrogen (secondary N) is 1. The van der Waals surface area contributed by atoms with Crippen LogP contribution in [0.2, 0.25) is 0 Å². The van der Waals surface area contributed by atoms with Crippen LogP contribution in [0, 0.1) is 0 Å². The lowest BCUT2D eigenvalue weighted by Gasteiger charge is -1.92. The van der Waals surface area contributed by atoms with E-state index in [1.807, 2.05) is 12.1 Å². The summed E-state index contributed by atoms with van der Waals surface area (Å²) in [5.41, 5.74) is 1.04. The van der Waals surface area contributed by atoms with Gasteiger partial charge in [-0.3, -0.25) is 4.98 Å². The summed E-state index contributed by atoms with van der Waals surface area (Å²) in [6.45, 7) is 0. The fourth-order valence-corrected chi connectivity index (χ4v) is 1.25. The SMILES string of the molecule is Brc1cnc(-c2ccncc2)[nH]1. The third kappa shape index (κ3) is 1.38. The molecule has 0 aliphatic rings. The summed E-state index contributed by atoms with van der Waals surface area (Å²) in [7, 11) is 0. The first-order chi connectivity index (χ1) is 5.86. The van der Waals surface area contributed by atoms with Crippen LogP contribution in [0.25, 0.3) is 11.4 Å². The molecule has 60 valence electrons. The molecule has 1 N–H and O–H groups in total. The van der Waals surface area contributed by atoms with E-state index < -0.39 is 0 Å². The van der Waals surface area contributed by atoms with Gasteiger partial charge < -0.3 is 4.98 Å². The molecule has 0 spiro atoms. The zero-order chi connectivity index (χ0) is 8.39. The number of pyridine rings is 1. The normalized spacial score (nSPS) is 10.1. The fourth-order valence-electron chi connectivity index (χ4n) is 0.955. The highest BCUT2D eigenvalue weighted by molar-refractivity contribution is 9.10. The van der Waals surface area contributed by atoms with Gasteiger partial charge in [0, 0.05) is 18.0 Å². The van der Waals surface area contributed by atoms with Gasteiger partial charge in [0.15, 0.2) is 0 Å². The summed E-state index contributed by atoms with van der Waals surface area (Å²) >= 11 is 3.30. The van der Waals surface area contributed by atoms with Gasteiger partial charge in [-0.1, -0.05) is 0 Å². The number of aromatic nitrogens is 3. The topological polar surface area (TPSA) is 41.6 Å². The van der Waals surface area contributed by atoms with Crippen molar-refractivity contribution in [2.45, 2.75) is 0 Å². The van der Waals surface area contributed by atoms with Crippen LogP contribution in [0.15, 0.2) is 35.3 Å². The van der Waals surface area contributed by atoms with Gasteiger partial charge in [0.05, 0.1) is 6.20 Å². The average molecular weight is 224 g/mol. The molecule has 2 aromatic heterocycles. The predicted molar refractivity (Wildman–Crippen MR) is 49.5 cm³/mol. The van der Waals surface area contributed by atoms with Crippen LogP contribution in [-0.4, -0.2) is 15.0 Å². The Hall–Kier alpha value is -1.16. The highest BCUT2D eigenvalue weighted by Crippen LogP contribution is 2.16. The Labute approximate surface area is 78.0 Å². The molecule has 0 unspecified atom stereocenters. The second kappa shape index (κ2) is 3.06. The molecule has 2 aromatic rings. The lowest BCUT2D eigenvalue weighted by atomic mass is 10.3. The number of halogens is 1. The van der Waals surface area contributed by atoms with Crippen LogP contribution in [0.3, 0.4) is 0 Å². The third-order valence-electron chi connectivity index (χ3n) is 1.50. The van der Waals surface area contributed by atoms with E-state index in [1.54, 1.807) is 18.6 Å². The summed E-state index contributed by atoms with van der Waals surface area (Å²) in [5, 5.41) is 0. The molecule has 0 amide bonds. The van der Waals surface area contributed by atoms with Crippen LogP contribution in [0.4, 0.5) is 0 Å². The molecule has 3 nitrogen and oxygen atoms in total. The molecule has 0 radical (unpaired) electrons. The van der Waals surface area contributed by atoms with E-state index in [0.717, 1.165) is 16.0 Å². The van der Waals surface area contributed by atoms with E-state index >= 15 is 0 Å². The quantitative estimate of drug-likeness (QED) is 0.806. The van der Waals surface area contributed by atoms with Crippen LogP contribution in [0.1, 0.15) is 0 Å². The number of hydrogen-bond donors (Lipinski definition) is 1. The van der Waals surface area contributed by atoms with Gasteiger partial charge in [-0.05, 0) is 28.1 Å². The molecule has 0 atom stereocenters. The largest absolute Gasteiger partial charge is 0.333 e. The fraction of sp³-hybridized carbons (Fsp3) is 0. The predicted octanol–water partition coefficient (Wildman–Crippen LogP) is 2.23. The van der Waals surface area contributed by atoms with Gasteiger partial charge >= 0.3 is 0 Å². The Morgan fingerprint density at radius 1 is 1.25 bits per heavy atom. The first-order valence-electron chi connectivity index (χ1n) is 3.47. The van der Waals surface area contributed by atoms with Crippen molar-refractivity contribution < 1.29 is 0 Å². The molecular weight excluding hydrogens is 218 g/mol. The van der Waals surface area contributed by atoms with Gasteiger partial charge in [0.25, 0.3) is 0 Å². The number of aromatic amines is 1. The molecule has 0 bridgehead atoms. The number of nitrogens with zero attached hydrogens (tertiary/aromatic N) is 2. The highest BCUT2D eigenvalue weighted by atomic mass is 79.9. The minimum atomic E-state index is 0.851.